The van der Waals surface area contributed by atoms with Gasteiger partial charge >= 0.3 is 11.0 Å². The van der Waals surface area contributed by atoms with E-state index in [2.05, 4.69) is 4.98 Å². The van der Waals surface area contributed by atoms with Crippen molar-refractivity contribution < 1.29 is 27.8 Å². The number of halogens is 4. The SMILES string of the molecule is Cc1cc(Oc2ccc3c(c2)OCC[C@H]3c2sc(=O)[nH]c2O)c(Cl)cc1C(F)(F)F. The number of thiazole rings is 1. The van der Waals surface area contributed by atoms with Crippen molar-refractivity contribution in [1.29, 1.82) is 0 Å². The van der Waals surface area contributed by atoms with E-state index in [1.807, 2.05) is 0 Å². The Balaban J connectivity index is 1.65. The molecule has 0 amide bonds. The van der Waals surface area contributed by atoms with E-state index in [4.69, 9.17) is 21.1 Å². The van der Waals surface area contributed by atoms with Crippen molar-refractivity contribution >= 4 is 22.9 Å². The van der Waals surface area contributed by atoms with Crippen molar-refractivity contribution in [2.24, 2.45) is 0 Å². The van der Waals surface area contributed by atoms with Gasteiger partial charge < -0.3 is 14.6 Å². The van der Waals surface area contributed by atoms with Crippen LogP contribution in [0.15, 0.2) is 35.1 Å². The summed E-state index contributed by atoms with van der Waals surface area (Å²) < 4.78 is 50.5. The monoisotopic (exact) mass is 457 g/mol. The molecule has 0 bridgehead atoms. The van der Waals surface area contributed by atoms with Crippen LogP contribution in [0, 0.1) is 6.92 Å². The summed E-state index contributed by atoms with van der Waals surface area (Å²) >= 11 is 6.95. The van der Waals surface area contributed by atoms with Gasteiger partial charge in [-0.2, -0.15) is 13.2 Å². The minimum absolute atomic E-state index is 0.00554. The van der Waals surface area contributed by atoms with Crippen LogP contribution in [0.5, 0.6) is 23.1 Å². The lowest BCUT2D eigenvalue weighted by molar-refractivity contribution is -0.138. The number of hydrogen-bond donors (Lipinski definition) is 2. The van der Waals surface area contributed by atoms with Gasteiger partial charge in [-0.1, -0.05) is 29.0 Å². The maximum absolute atomic E-state index is 13.0. The molecule has 1 atom stereocenters. The number of hydrogen-bond acceptors (Lipinski definition) is 5. The molecule has 0 fully saturated rings. The van der Waals surface area contributed by atoms with Crippen LogP contribution in [0.25, 0.3) is 0 Å². The molecule has 0 aliphatic carbocycles. The van der Waals surface area contributed by atoms with Gasteiger partial charge in [0.15, 0.2) is 0 Å². The molecule has 1 aliphatic heterocycles. The number of H-pyrrole nitrogens is 1. The van der Waals surface area contributed by atoms with Gasteiger partial charge in [0.1, 0.15) is 17.2 Å². The molecule has 0 saturated carbocycles. The molecule has 0 radical (unpaired) electrons. The topological polar surface area (TPSA) is 71.5 Å². The molecule has 30 heavy (non-hydrogen) atoms. The summed E-state index contributed by atoms with van der Waals surface area (Å²) in [5.74, 6) is 0.556. The van der Waals surface area contributed by atoms with Gasteiger partial charge in [0.25, 0.3) is 0 Å². The normalized spacial score (nSPS) is 16.1. The highest BCUT2D eigenvalue weighted by Gasteiger charge is 2.33. The van der Waals surface area contributed by atoms with Crippen LogP contribution in [-0.4, -0.2) is 16.7 Å². The van der Waals surface area contributed by atoms with Gasteiger partial charge in [-0.25, -0.2) is 0 Å². The molecule has 2 aromatic carbocycles. The zero-order chi connectivity index (χ0) is 21.6. The third kappa shape index (κ3) is 3.87. The second-order valence-electron chi connectivity index (χ2n) is 6.81. The first-order valence-electron chi connectivity index (χ1n) is 8.87. The number of aryl methyl sites for hydroxylation is 1. The zero-order valence-corrected chi connectivity index (χ0v) is 17.0. The van der Waals surface area contributed by atoms with E-state index in [9.17, 15) is 23.1 Å². The van der Waals surface area contributed by atoms with E-state index >= 15 is 0 Å². The van der Waals surface area contributed by atoms with Crippen LogP contribution >= 0.6 is 22.9 Å². The largest absolute Gasteiger partial charge is 0.494 e. The molecule has 0 unspecified atom stereocenters. The molecule has 1 aliphatic rings. The van der Waals surface area contributed by atoms with E-state index in [1.165, 1.54) is 13.0 Å². The summed E-state index contributed by atoms with van der Waals surface area (Å²) in [5.41, 5.74) is -0.0513. The fourth-order valence-corrected chi connectivity index (χ4v) is 4.52. The lowest BCUT2D eigenvalue weighted by atomic mass is 9.92. The third-order valence-electron chi connectivity index (χ3n) is 4.81. The van der Waals surface area contributed by atoms with Crippen LogP contribution in [0.1, 0.15) is 33.9 Å². The Kier molecular flexibility index (Phi) is 5.19. The Labute approximate surface area is 177 Å². The summed E-state index contributed by atoms with van der Waals surface area (Å²) in [4.78, 5) is 14.1. The van der Waals surface area contributed by atoms with Crippen molar-refractivity contribution in [1.82, 2.24) is 4.98 Å². The summed E-state index contributed by atoms with van der Waals surface area (Å²) in [5, 5.41) is 9.83. The molecule has 0 saturated heterocycles. The second-order valence-corrected chi connectivity index (χ2v) is 8.24. The first-order valence-corrected chi connectivity index (χ1v) is 10.1. The van der Waals surface area contributed by atoms with Gasteiger partial charge in [0.05, 0.1) is 22.1 Å². The average Bonchev–Trinajstić information content (AvgIpc) is 3.00. The molecular weight excluding hydrogens is 443 g/mol. The first kappa shape index (κ1) is 20.6. The van der Waals surface area contributed by atoms with Crippen molar-refractivity contribution in [3.8, 4) is 23.1 Å². The van der Waals surface area contributed by atoms with Crippen molar-refractivity contribution in [3.63, 3.8) is 0 Å². The molecule has 5 nitrogen and oxygen atoms in total. The number of fused-ring (bicyclic) bond motifs is 1. The van der Waals surface area contributed by atoms with Gasteiger partial charge in [-0.3, -0.25) is 9.78 Å². The Bertz CT molecular complexity index is 1170. The summed E-state index contributed by atoms with van der Waals surface area (Å²) in [7, 11) is 0. The van der Waals surface area contributed by atoms with Gasteiger partial charge in [0, 0.05) is 17.5 Å². The van der Waals surface area contributed by atoms with Crippen molar-refractivity contribution in [2.45, 2.75) is 25.4 Å². The number of alkyl halides is 3. The highest BCUT2D eigenvalue weighted by atomic mass is 35.5. The maximum atomic E-state index is 13.0. The molecule has 2 heterocycles. The Morgan fingerprint density at radius 3 is 2.73 bits per heavy atom. The Morgan fingerprint density at radius 1 is 1.30 bits per heavy atom. The number of ether oxygens (including phenoxy) is 2. The third-order valence-corrected chi connectivity index (χ3v) is 6.09. The molecule has 2 N–H and O–H groups in total. The minimum atomic E-state index is -4.50. The van der Waals surface area contributed by atoms with E-state index in [1.54, 1.807) is 18.2 Å². The van der Waals surface area contributed by atoms with Crippen molar-refractivity contribution in [3.05, 3.63) is 66.6 Å². The number of aromatic amines is 1. The zero-order valence-electron chi connectivity index (χ0n) is 15.5. The van der Waals surface area contributed by atoms with Gasteiger partial charge in [0.2, 0.25) is 5.88 Å². The fraction of sp³-hybridized carbons (Fsp3) is 0.250. The summed E-state index contributed by atoms with van der Waals surface area (Å²) in [6.45, 7) is 1.70. The highest BCUT2D eigenvalue weighted by Crippen LogP contribution is 2.44. The quantitative estimate of drug-likeness (QED) is 0.519. The lowest BCUT2D eigenvalue weighted by Crippen LogP contribution is -2.14. The Hall–Kier alpha value is -2.65. The van der Waals surface area contributed by atoms with Gasteiger partial charge in [-0.05, 0) is 37.1 Å². The lowest BCUT2D eigenvalue weighted by Gasteiger charge is -2.25. The predicted molar refractivity (Wildman–Crippen MR) is 106 cm³/mol. The van der Waals surface area contributed by atoms with Crippen LogP contribution < -0.4 is 14.3 Å². The minimum Gasteiger partial charge on any atom is -0.494 e. The smallest absolute Gasteiger partial charge is 0.416 e. The van der Waals surface area contributed by atoms with Gasteiger partial charge in [-0.15, -0.1) is 0 Å². The summed E-state index contributed by atoms with van der Waals surface area (Å²) in [6.07, 6.45) is -3.92. The van der Waals surface area contributed by atoms with E-state index in [0.29, 0.717) is 29.4 Å². The predicted octanol–water partition coefficient (Wildman–Crippen LogP) is 5.83. The summed E-state index contributed by atoms with van der Waals surface area (Å²) in [6, 6.07) is 7.06. The maximum Gasteiger partial charge on any atom is 0.416 e. The number of nitrogens with one attached hydrogen (secondary N) is 1. The fourth-order valence-electron chi connectivity index (χ4n) is 3.44. The molecule has 10 heteroatoms. The average molecular weight is 458 g/mol. The molecule has 0 spiro atoms. The number of aromatic hydroxyl groups is 1. The second kappa shape index (κ2) is 7.55. The first-order chi connectivity index (χ1) is 14.1. The van der Waals surface area contributed by atoms with Crippen molar-refractivity contribution in [2.75, 3.05) is 6.61 Å². The molecule has 1 aromatic heterocycles. The van der Waals surface area contributed by atoms with E-state index in [-0.39, 0.29) is 33.0 Å². The van der Waals surface area contributed by atoms with E-state index in [0.717, 1.165) is 23.0 Å². The number of aromatic nitrogens is 1. The van der Waals surface area contributed by atoms with Crippen LogP contribution in [0.2, 0.25) is 5.02 Å². The van der Waals surface area contributed by atoms with Crippen LogP contribution in [-0.2, 0) is 6.18 Å². The molecule has 158 valence electrons. The Morgan fingerprint density at radius 2 is 2.07 bits per heavy atom. The van der Waals surface area contributed by atoms with Crippen LogP contribution in [0.3, 0.4) is 0 Å². The van der Waals surface area contributed by atoms with E-state index < -0.39 is 11.7 Å². The molecular formula is C20H15ClF3NO4S. The number of rotatable bonds is 3. The van der Waals surface area contributed by atoms with Crippen LogP contribution in [0.4, 0.5) is 13.2 Å². The molecule has 3 aromatic rings. The highest BCUT2D eigenvalue weighted by molar-refractivity contribution is 7.09. The number of benzene rings is 2. The standard InChI is InChI=1S/C20H15ClF3NO4S/c1-9-6-16(14(21)8-13(9)20(22,23)24)29-10-2-3-11-12(4-5-28-15(11)7-10)17-18(26)25-19(27)30-17/h2-3,6-8,12,26H,4-5H2,1H3,(H,25,27)/t12-/m1/s1. The molecule has 4 rings (SSSR count).